The van der Waals surface area contributed by atoms with Crippen LogP contribution in [-0.4, -0.2) is 28.7 Å². The molecule has 26 heavy (non-hydrogen) atoms. The highest BCUT2D eigenvalue weighted by Gasteiger charge is 2.19. The maximum Gasteiger partial charge on any atom is 0.261 e. The first-order valence-electron chi connectivity index (χ1n) is 8.67. The average molecular weight is 342 g/mol. The standard InChI is InChI=1S/C20H19BN4O/c1-11(2)18(21)25-17-12-7-3-4-8-13(12)24-20(26)16(17)19-22-14-9-5-6-10-15(14)23-19/h3-11,18H,1-2H3,(H,22,23)(H2,24,25,26). The van der Waals surface area contributed by atoms with Gasteiger partial charge in [0.1, 0.15) is 11.4 Å². The molecule has 5 nitrogen and oxygen atoms in total. The van der Waals surface area contributed by atoms with Crippen molar-refractivity contribution in [3.05, 3.63) is 58.9 Å². The van der Waals surface area contributed by atoms with Crippen LogP contribution in [0.2, 0.25) is 0 Å². The van der Waals surface area contributed by atoms with Crippen molar-refractivity contribution in [2.24, 2.45) is 5.92 Å². The van der Waals surface area contributed by atoms with E-state index in [1.54, 1.807) is 0 Å². The number of para-hydroxylation sites is 3. The van der Waals surface area contributed by atoms with Gasteiger partial charge < -0.3 is 15.3 Å². The first-order valence-corrected chi connectivity index (χ1v) is 8.67. The highest BCUT2D eigenvalue weighted by atomic mass is 16.1. The number of fused-ring (bicyclic) bond motifs is 2. The van der Waals surface area contributed by atoms with Crippen LogP contribution in [0.25, 0.3) is 33.3 Å². The molecule has 6 heteroatoms. The summed E-state index contributed by atoms with van der Waals surface area (Å²) in [5, 5.41) is 4.24. The van der Waals surface area contributed by atoms with Gasteiger partial charge in [0.05, 0.1) is 30.1 Å². The zero-order valence-corrected chi connectivity index (χ0v) is 14.7. The number of aromatic nitrogens is 3. The third kappa shape index (κ3) is 2.77. The van der Waals surface area contributed by atoms with Crippen LogP contribution in [0.15, 0.2) is 53.3 Å². The van der Waals surface area contributed by atoms with Crippen LogP contribution in [0, 0.1) is 5.92 Å². The Morgan fingerprint density at radius 2 is 1.69 bits per heavy atom. The Bertz CT molecular complexity index is 1110. The molecule has 4 aromatic rings. The maximum atomic E-state index is 12.9. The number of nitrogens with one attached hydrogen (secondary N) is 3. The molecule has 0 fully saturated rings. The summed E-state index contributed by atoms with van der Waals surface area (Å²) in [5.41, 5.74) is 3.42. The van der Waals surface area contributed by atoms with Gasteiger partial charge in [0.15, 0.2) is 0 Å². The van der Waals surface area contributed by atoms with Gasteiger partial charge in [-0.1, -0.05) is 44.2 Å². The number of anilines is 1. The third-order valence-electron chi connectivity index (χ3n) is 4.58. The smallest absolute Gasteiger partial charge is 0.261 e. The van der Waals surface area contributed by atoms with E-state index in [2.05, 4.69) is 20.3 Å². The predicted octanol–water partition coefficient (Wildman–Crippen LogP) is 3.63. The monoisotopic (exact) mass is 342 g/mol. The van der Waals surface area contributed by atoms with E-state index < -0.39 is 0 Å². The van der Waals surface area contributed by atoms with Crippen molar-refractivity contribution in [3.8, 4) is 11.4 Å². The summed E-state index contributed by atoms with van der Waals surface area (Å²) in [6, 6.07) is 15.4. The van der Waals surface area contributed by atoms with E-state index in [0.29, 0.717) is 17.1 Å². The molecule has 0 aliphatic carbocycles. The highest BCUT2D eigenvalue weighted by molar-refractivity contribution is 6.14. The summed E-state index contributed by atoms with van der Waals surface area (Å²) >= 11 is 0. The Labute approximate surface area is 152 Å². The molecule has 0 saturated heterocycles. The molecule has 1 atom stereocenters. The van der Waals surface area contributed by atoms with E-state index in [4.69, 9.17) is 7.85 Å². The molecule has 2 aromatic carbocycles. The number of rotatable bonds is 4. The van der Waals surface area contributed by atoms with Crippen LogP contribution < -0.4 is 10.9 Å². The van der Waals surface area contributed by atoms with Crippen molar-refractivity contribution in [2.75, 3.05) is 5.32 Å². The van der Waals surface area contributed by atoms with Crippen molar-refractivity contribution in [1.82, 2.24) is 15.0 Å². The molecule has 2 heterocycles. The van der Waals surface area contributed by atoms with Gasteiger partial charge in [-0.3, -0.25) is 4.79 Å². The summed E-state index contributed by atoms with van der Waals surface area (Å²) in [4.78, 5) is 23.7. The molecule has 0 amide bonds. The van der Waals surface area contributed by atoms with Crippen LogP contribution in [0.4, 0.5) is 5.69 Å². The molecule has 2 aromatic heterocycles. The molecule has 4 rings (SSSR count). The van der Waals surface area contributed by atoms with Gasteiger partial charge in [0.25, 0.3) is 5.56 Å². The van der Waals surface area contributed by atoms with Crippen molar-refractivity contribution in [3.63, 3.8) is 0 Å². The Hall–Kier alpha value is -3.02. The van der Waals surface area contributed by atoms with Crippen LogP contribution in [-0.2, 0) is 0 Å². The molecule has 128 valence electrons. The van der Waals surface area contributed by atoms with Crippen molar-refractivity contribution in [1.29, 1.82) is 0 Å². The molecular weight excluding hydrogens is 323 g/mol. The van der Waals surface area contributed by atoms with E-state index in [1.807, 2.05) is 62.4 Å². The highest BCUT2D eigenvalue weighted by Crippen LogP contribution is 2.31. The van der Waals surface area contributed by atoms with Gasteiger partial charge in [-0.2, -0.15) is 0 Å². The number of aromatic amines is 2. The SMILES string of the molecule is [B]C(Nc1c(-c2nc3ccccc3[nH]2)c(=O)[nH]c2ccccc12)C(C)C. The fraction of sp³-hybridized carbons (Fsp3) is 0.200. The lowest BCUT2D eigenvalue weighted by atomic mass is 9.85. The summed E-state index contributed by atoms with van der Waals surface area (Å²) < 4.78 is 0. The number of benzene rings is 2. The van der Waals surface area contributed by atoms with Crippen LogP contribution in [0.3, 0.4) is 0 Å². The van der Waals surface area contributed by atoms with Crippen molar-refractivity contribution < 1.29 is 0 Å². The van der Waals surface area contributed by atoms with E-state index in [9.17, 15) is 4.79 Å². The first kappa shape index (κ1) is 16.5. The third-order valence-corrected chi connectivity index (χ3v) is 4.58. The Kier molecular flexibility index (Phi) is 4.03. The molecule has 0 aliphatic heterocycles. The van der Waals surface area contributed by atoms with Crippen molar-refractivity contribution >= 4 is 35.5 Å². The normalized spacial score (nSPS) is 12.7. The second-order valence-electron chi connectivity index (χ2n) is 6.77. The summed E-state index contributed by atoms with van der Waals surface area (Å²) in [7, 11) is 6.26. The molecule has 0 saturated carbocycles. The predicted molar refractivity (Wildman–Crippen MR) is 108 cm³/mol. The average Bonchev–Trinajstić information content (AvgIpc) is 3.05. The number of hydrogen-bond acceptors (Lipinski definition) is 3. The summed E-state index contributed by atoms with van der Waals surface area (Å²) in [6.45, 7) is 4.07. The fourth-order valence-electron chi connectivity index (χ4n) is 3.02. The lowest BCUT2D eigenvalue weighted by Gasteiger charge is -2.22. The molecular formula is C20H19BN4O. The van der Waals surface area contributed by atoms with Gasteiger partial charge >= 0.3 is 0 Å². The molecule has 1 unspecified atom stereocenters. The minimum absolute atomic E-state index is 0.205. The van der Waals surface area contributed by atoms with Crippen LogP contribution in [0.5, 0.6) is 0 Å². The number of hydrogen-bond donors (Lipinski definition) is 3. The van der Waals surface area contributed by atoms with Crippen LogP contribution in [0.1, 0.15) is 13.8 Å². The number of nitrogens with zero attached hydrogens (tertiary/aromatic N) is 1. The second kappa shape index (κ2) is 6.37. The maximum absolute atomic E-state index is 12.9. The molecule has 0 aliphatic rings. The number of H-pyrrole nitrogens is 2. The van der Waals surface area contributed by atoms with E-state index >= 15 is 0 Å². The largest absolute Gasteiger partial charge is 0.390 e. The van der Waals surface area contributed by atoms with Gasteiger partial charge in [-0.15, -0.1) is 0 Å². The topological polar surface area (TPSA) is 73.6 Å². The fourth-order valence-corrected chi connectivity index (χ4v) is 3.02. The quantitative estimate of drug-likeness (QED) is 0.496. The molecule has 3 N–H and O–H groups in total. The number of imidazole rings is 1. The Balaban J connectivity index is 2.00. The van der Waals surface area contributed by atoms with Gasteiger partial charge in [0, 0.05) is 5.39 Å². The molecule has 0 spiro atoms. The van der Waals surface area contributed by atoms with Gasteiger partial charge in [-0.25, -0.2) is 4.98 Å². The number of pyridine rings is 1. The molecule has 2 radical (unpaired) electrons. The minimum Gasteiger partial charge on any atom is -0.390 e. The van der Waals surface area contributed by atoms with Gasteiger partial charge in [0.2, 0.25) is 0 Å². The van der Waals surface area contributed by atoms with Crippen LogP contribution >= 0.6 is 0 Å². The Morgan fingerprint density at radius 1 is 1.00 bits per heavy atom. The zero-order chi connectivity index (χ0) is 18.3. The van der Waals surface area contributed by atoms with E-state index in [-0.39, 0.29) is 17.4 Å². The summed E-state index contributed by atoms with van der Waals surface area (Å²) in [5.74, 6) is 0.441. The van der Waals surface area contributed by atoms with Gasteiger partial charge in [-0.05, 0) is 30.1 Å². The van der Waals surface area contributed by atoms with Crippen molar-refractivity contribution in [2.45, 2.75) is 19.8 Å². The van der Waals surface area contributed by atoms with E-state index in [1.165, 1.54) is 0 Å². The summed E-state index contributed by atoms with van der Waals surface area (Å²) in [6.07, 6.45) is 0. The first-order chi connectivity index (χ1) is 12.5. The second-order valence-corrected chi connectivity index (χ2v) is 6.77. The minimum atomic E-state index is -0.289. The molecule has 0 bridgehead atoms. The Morgan fingerprint density at radius 3 is 2.42 bits per heavy atom. The lowest BCUT2D eigenvalue weighted by molar-refractivity contribution is 0.643. The lowest BCUT2D eigenvalue weighted by Crippen LogP contribution is -2.27. The zero-order valence-electron chi connectivity index (χ0n) is 14.7. The van der Waals surface area contributed by atoms with E-state index in [0.717, 1.165) is 21.9 Å².